The molecule has 2 N–H and O–H groups in total. The van der Waals surface area contributed by atoms with Crippen LogP contribution in [0, 0.1) is 0 Å². The number of hydrogen-bond acceptors (Lipinski definition) is 4. The Balaban J connectivity index is 0.00000242. The largest absolute Gasteiger partial charge is 0.496 e. The van der Waals surface area contributed by atoms with Gasteiger partial charge in [-0.1, -0.05) is 11.6 Å². The smallest absolute Gasteiger partial charge is 0.123 e. The van der Waals surface area contributed by atoms with Crippen molar-refractivity contribution in [2.45, 2.75) is 25.9 Å². The Morgan fingerprint density at radius 1 is 1.18 bits per heavy atom. The molecule has 6 heteroatoms. The predicted molar refractivity (Wildman–Crippen MR) is 95.2 cm³/mol. The average Bonchev–Trinajstić information content (AvgIpc) is 2.40. The summed E-state index contributed by atoms with van der Waals surface area (Å²) in [6.45, 7) is 10.2. The Kier molecular flexibility index (Phi) is 7.42. The molecule has 1 aliphatic rings. The molecule has 0 radical (unpaired) electrons. The van der Waals surface area contributed by atoms with Gasteiger partial charge in [-0.25, -0.2) is 0 Å². The van der Waals surface area contributed by atoms with E-state index in [-0.39, 0.29) is 17.9 Å². The summed E-state index contributed by atoms with van der Waals surface area (Å²) < 4.78 is 5.42. The van der Waals surface area contributed by atoms with E-state index < -0.39 is 0 Å². The van der Waals surface area contributed by atoms with Gasteiger partial charge in [0.1, 0.15) is 5.75 Å². The van der Waals surface area contributed by atoms with E-state index in [4.69, 9.17) is 22.1 Å². The van der Waals surface area contributed by atoms with Crippen molar-refractivity contribution in [3.63, 3.8) is 0 Å². The summed E-state index contributed by atoms with van der Waals surface area (Å²) in [5, 5.41) is 0.759. The third-order valence-electron chi connectivity index (χ3n) is 3.73. The average molecular weight is 348 g/mol. The first-order valence-corrected chi connectivity index (χ1v) is 7.81. The summed E-state index contributed by atoms with van der Waals surface area (Å²) in [7, 11) is 1.70. The first-order chi connectivity index (χ1) is 9.87. The van der Waals surface area contributed by atoms with Crippen molar-refractivity contribution in [3.05, 3.63) is 28.8 Å². The molecule has 1 fully saturated rings. The molecule has 0 aliphatic carbocycles. The minimum Gasteiger partial charge on any atom is -0.496 e. The summed E-state index contributed by atoms with van der Waals surface area (Å²) in [4.78, 5) is 4.87. The molecule has 22 heavy (non-hydrogen) atoms. The number of methoxy groups -OCH3 is 1. The van der Waals surface area contributed by atoms with Crippen LogP contribution in [0.4, 0.5) is 0 Å². The zero-order valence-corrected chi connectivity index (χ0v) is 15.2. The maximum atomic E-state index is 6.09. The van der Waals surface area contributed by atoms with Crippen LogP contribution in [0.25, 0.3) is 0 Å². The van der Waals surface area contributed by atoms with Crippen molar-refractivity contribution in [1.82, 2.24) is 9.80 Å². The third-order valence-corrected chi connectivity index (χ3v) is 3.97. The van der Waals surface area contributed by atoms with Gasteiger partial charge in [0.15, 0.2) is 0 Å². The molecule has 0 saturated carbocycles. The van der Waals surface area contributed by atoms with Gasteiger partial charge in [0, 0.05) is 55.4 Å². The highest BCUT2D eigenvalue weighted by Gasteiger charge is 2.22. The molecular formula is C16H27Cl2N3O. The van der Waals surface area contributed by atoms with Crippen LogP contribution in [0.2, 0.25) is 5.02 Å². The Morgan fingerprint density at radius 3 is 2.32 bits per heavy atom. The lowest BCUT2D eigenvalue weighted by Crippen LogP contribution is -2.52. The number of benzene rings is 1. The van der Waals surface area contributed by atoms with Crippen molar-refractivity contribution < 1.29 is 4.74 Å². The van der Waals surface area contributed by atoms with Gasteiger partial charge >= 0.3 is 0 Å². The molecule has 1 aliphatic heterocycles. The molecular weight excluding hydrogens is 321 g/mol. The molecule has 2 rings (SSSR count). The lowest BCUT2D eigenvalue weighted by Gasteiger charge is -2.37. The van der Waals surface area contributed by atoms with Crippen molar-refractivity contribution >= 4 is 24.0 Å². The highest BCUT2D eigenvalue weighted by atomic mass is 35.5. The third kappa shape index (κ3) is 5.94. The van der Waals surface area contributed by atoms with E-state index in [1.54, 1.807) is 7.11 Å². The standard InChI is InChI=1S/C16H26ClN3O.ClH/c1-16(2,18)12-20-8-6-19(7-9-20)11-13-10-14(17)4-5-15(13)21-3;/h4-5,10H,6-9,11-12,18H2,1-3H3;1H. The van der Waals surface area contributed by atoms with Gasteiger partial charge in [-0.15, -0.1) is 12.4 Å². The van der Waals surface area contributed by atoms with Gasteiger partial charge in [-0.3, -0.25) is 9.80 Å². The molecule has 4 nitrogen and oxygen atoms in total. The summed E-state index contributed by atoms with van der Waals surface area (Å²) in [6.07, 6.45) is 0. The topological polar surface area (TPSA) is 41.7 Å². The van der Waals surface area contributed by atoms with Crippen LogP contribution >= 0.6 is 24.0 Å². The number of ether oxygens (including phenoxy) is 1. The minimum atomic E-state index is -0.127. The first kappa shape index (κ1) is 19.5. The molecule has 1 heterocycles. The fourth-order valence-corrected chi connectivity index (χ4v) is 2.99. The molecule has 0 atom stereocenters. The van der Waals surface area contributed by atoms with Gasteiger partial charge in [-0.2, -0.15) is 0 Å². The first-order valence-electron chi connectivity index (χ1n) is 7.43. The number of rotatable bonds is 5. The van der Waals surface area contributed by atoms with E-state index in [1.165, 1.54) is 0 Å². The number of piperazine rings is 1. The second kappa shape index (κ2) is 8.37. The predicted octanol–water partition coefficient (Wildman–Crippen LogP) is 2.63. The van der Waals surface area contributed by atoms with Gasteiger partial charge < -0.3 is 10.5 Å². The zero-order chi connectivity index (χ0) is 15.5. The van der Waals surface area contributed by atoms with Crippen LogP contribution < -0.4 is 10.5 Å². The summed E-state index contributed by atoms with van der Waals surface area (Å²) in [6, 6.07) is 5.80. The molecule has 0 bridgehead atoms. The van der Waals surface area contributed by atoms with Gasteiger partial charge in [0.25, 0.3) is 0 Å². The SMILES string of the molecule is COc1ccc(Cl)cc1CN1CCN(CC(C)(C)N)CC1.Cl. The maximum Gasteiger partial charge on any atom is 0.123 e. The highest BCUT2D eigenvalue weighted by Crippen LogP contribution is 2.24. The minimum absolute atomic E-state index is 0. The monoisotopic (exact) mass is 347 g/mol. The summed E-state index contributed by atoms with van der Waals surface area (Å²) in [5.41, 5.74) is 7.12. The maximum absolute atomic E-state index is 6.09. The van der Waals surface area contributed by atoms with E-state index in [1.807, 2.05) is 18.2 Å². The van der Waals surface area contributed by atoms with Crippen LogP contribution in [-0.4, -0.2) is 55.2 Å². The Morgan fingerprint density at radius 2 is 1.77 bits per heavy atom. The van der Waals surface area contributed by atoms with E-state index in [0.717, 1.165) is 55.6 Å². The van der Waals surface area contributed by atoms with Gasteiger partial charge in [0.05, 0.1) is 7.11 Å². The molecule has 0 spiro atoms. The lowest BCUT2D eigenvalue weighted by molar-refractivity contribution is 0.111. The van der Waals surface area contributed by atoms with E-state index in [0.29, 0.717) is 0 Å². The van der Waals surface area contributed by atoms with Crippen LogP contribution in [0.15, 0.2) is 18.2 Å². The Hall–Kier alpha value is -0.520. The number of hydrogen-bond donors (Lipinski definition) is 1. The quantitative estimate of drug-likeness (QED) is 0.888. The molecule has 1 aromatic carbocycles. The van der Waals surface area contributed by atoms with Crippen molar-refractivity contribution in [1.29, 1.82) is 0 Å². The number of nitrogens with two attached hydrogens (primary N) is 1. The highest BCUT2D eigenvalue weighted by molar-refractivity contribution is 6.30. The van der Waals surface area contributed by atoms with E-state index in [9.17, 15) is 0 Å². The second-order valence-corrected chi connectivity index (χ2v) is 6.93. The zero-order valence-electron chi connectivity index (χ0n) is 13.6. The van der Waals surface area contributed by atoms with Crippen LogP contribution in [0.5, 0.6) is 5.75 Å². The van der Waals surface area contributed by atoms with Gasteiger partial charge in [0.2, 0.25) is 0 Å². The number of halogens is 2. The fraction of sp³-hybridized carbons (Fsp3) is 0.625. The summed E-state index contributed by atoms with van der Waals surface area (Å²) >= 11 is 6.09. The molecule has 0 unspecified atom stereocenters. The lowest BCUT2D eigenvalue weighted by atomic mass is 10.1. The molecule has 1 aromatic rings. The van der Waals surface area contributed by atoms with Crippen LogP contribution in [-0.2, 0) is 6.54 Å². The normalized spacial score (nSPS) is 17.1. The molecule has 0 aromatic heterocycles. The van der Waals surface area contributed by atoms with E-state index >= 15 is 0 Å². The molecule has 126 valence electrons. The summed E-state index contributed by atoms with van der Waals surface area (Å²) in [5.74, 6) is 0.907. The van der Waals surface area contributed by atoms with E-state index in [2.05, 4.69) is 23.6 Å². The van der Waals surface area contributed by atoms with Crippen LogP contribution in [0.3, 0.4) is 0 Å². The molecule has 1 saturated heterocycles. The van der Waals surface area contributed by atoms with Crippen molar-refractivity contribution in [3.8, 4) is 5.75 Å². The van der Waals surface area contributed by atoms with Crippen molar-refractivity contribution in [2.75, 3.05) is 39.8 Å². The Bertz CT molecular complexity index is 469. The fourth-order valence-electron chi connectivity index (χ4n) is 2.79. The van der Waals surface area contributed by atoms with Crippen LogP contribution in [0.1, 0.15) is 19.4 Å². The number of nitrogens with zero attached hydrogens (tertiary/aromatic N) is 2. The molecule has 0 amide bonds. The van der Waals surface area contributed by atoms with Gasteiger partial charge in [-0.05, 0) is 32.0 Å². The second-order valence-electron chi connectivity index (χ2n) is 6.50. The van der Waals surface area contributed by atoms with Crippen molar-refractivity contribution in [2.24, 2.45) is 5.73 Å². The Labute approximate surface area is 145 Å².